The molecule has 0 aliphatic heterocycles. The molecule has 86 valence electrons. The second kappa shape index (κ2) is 4.48. The molecule has 0 atom stereocenters. The largest absolute Gasteiger partial charge is 0.543 e. The highest BCUT2D eigenvalue weighted by atomic mass is 28.4. The maximum atomic E-state index is 11.0. The van der Waals surface area contributed by atoms with Crippen molar-refractivity contribution in [3.8, 4) is 5.75 Å². The van der Waals surface area contributed by atoms with Crippen LogP contribution < -0.4 is 4.43 Å². The van der Waals surface area contributed by atoms with E-state index in [9.17, 15) is 9.59 Å². The predicted molar refractivity (Wildman–Crippen MR) is 62.8 cm³/mol. The maximum Gasteiger partial charge on any atom is 0.339 e. The van der Waals surface area contributed by atoms with E-state index in [0.29, 0.717) is 6.29 Å². The van der Waals surface area contributed by atoms with E-state index in [4.69, 9.17) is 9.53 Å². The first kappa shape index (κ1) is 12.4. The molecule has 0 saturated carbocycles. The highest BCUT2D eigenvalue weighted by molar-refractivity contribution is 6.70. The molecule has 0 aromatic heterocycles. The molecule has 1 aromatic carbocycles. The molecule has 0 spiro atoms. The van der Waals surface area contributed by atoms with Crippen molar-refractivity contribution >= 4 is 20.6 Å². The zero-order valence-corrected chi connectivity index (χ0v) is 10.5. The molecule has 0 aliphatic rings. The number of aldehydes is 1. The molecular formula is C11H14O4Si. The van der Waals surface area contributed by atoms with Crippen LogP contribution in [-0.2, 0) is 0 Å². The van der Waals surface area contributed by atoms with Crippen molar-refractivity contribution in [2.75, 3.05) is 0 Å². The van der Waals surface area contributed by atoms with Gasteiger partial charge in [-0.3, -0.25) is 4.79 Å². The Morgan fingerprint density at radius 3 is 2.44 bits per heavy atom. The second-order valence-corrected chi connectivity index (χ2v) is 8.79. The summed E-state index contributed by atoms with van der Waals surface area (Å²) in [6.45, 7) is 5.79. The fraction of sp³-hybridized carbons (Fsp3) is 0.273. The standard InChI is InChI=1S/C11H14O4Si/c1-16(2,3)15-10-8(7-12)5-4-6-9(10)11(13)14/h4-7H,1-3H3,(H,13,14). The molecule has 0 radical (unpaired) electrons. The molecule has 1 N–H and O–H groups in total. The molecule has 0 amide bonds. The first-order chi connectivity index (χ1) is 7.35. The van der Waals surface area contributed by atoms with E-state index in [1.54, 1.807) is 6.07 Å². The molecule has 0 aliphatic carbocycles. The minimum absolute atomic E-state index is 0.0343. The first-order valence-corrected chi connectivity index (χ1v) is 8.26. The Morgan fingerprint density at radius 2 is 2.00 bits per heavy atom. The average Bonchev–Trinajstić information content (AvgIpc) is 2.15. The maximum absolute atomic E-state index is 11.0. The van der Waals surface area contributed by atoms with E-state index in [1.165, 1.54) is 12.1 Å². The number of benzene rings is 1. The topological polar surface area (TPSA) is 63.6 Å². The molecule has 1 rings (SSSR count). The lowest BCUT2D eigenvalue weighted by atomic mass is 10.1. The molecule has 1 aromatic rings. The van der Waals surface area contributed by atoms with Gasteiger partial charge in [0, 0.05) is 0 Å². The van der Waals surface area contributed by atoms with Crippen LogP contribution in [0.15, 0.2) is 18.2 Å². The highest BCUT2D eigenvalue weighted by Gasteiger charge is 2.22. The van der Waals surface area contributed by atoms with Crippen molar-refractivity contribution < 1.29 is 19.1 Å². The van der Waals surface area contributed by atoms with Crippen molar-refractivity contribution in [2.24, 2.45) is 0 Å². The fourth-order valence-electron chi connectivity index (χ4n) is 1.24. The van der Waals surface area contributed by atoms with E-state index in [0.717, 1.165) is 0 Å². The summed E-state index contributed by atoms with van der Waals surface area (Å²) in [5.41, 5.74) is 0.314. The summed E-state index contributed by atoms with van der Waals surface area (Å²) in [5, 5.41) is 9.00. The molecule has 0 bridgehead atoms. The summed E-state index contributed by atoms with van der Waals surface area (Å²) in [6, 6.07) is 4.52. The fourth-order valence-corrected chi connectivity index (χ4v) is 2.08. The molecule has 0 fully saturated rings. The van der Waals surface area contributed by atoms with E-state index in [2.05, 4.69) is 0 Å². The normalized spacial score (nSPS) is 10.9. The number of carboxylic acid groups (broad SMARTS) is 1. The number of carboxylic acids is 1. The van der Waals surface area contributed by atoms with Gasteiger partial charge in [-0.1, -0.05) is 6.07 Å². The number of hydrogen-bond donors (Lipinski definition) is 1. The molecular weight excluding hydrogens is 224 g/mol. The van der Waals surface area contributed by atoms with Gasteiger partial charge in [0.05, 0.1) is 5.56 Å². The smallest absolute Gasteiger partial charge is 0.339 e. The predicted octanol–water partition coefficient (Wildman–Crippen LogP) is 2.41. The Morgan fingerprint density at radius 1 is 1.38 bits per heavy atom. The van der Waals surface area contributed by atoms with E-state index in [-0.39, 0.29) is 16.9 Å². The monoisotopic (exact) mass is 238 g/mol. The zero-order chi connectivity index (χ0) is 12.3. The molecule has 4 nitrogen and oxygen atoms in total. The van der Waals surface area contributed by atoms with Gasteiger partial charge in [-0.05, 0) is 31.8 Å². The summed E-state index contributed by atoms with van der Waals surface area (Å²) in [4.78, 5) is 21.8. The van der Waals surface area contributed by atoms with Gasteiger partial charge in [0.1, 0.15) is 11.3 Å². The lowest BCUT2D eigenvalue weighted by Gasteiger charge is -2.21. The Kier molecular flexibility index (Phi) is 3.49. The molecule has 0 unspecified atom stereocenters. The summed E-state index contributed by atoms with van der Waals surface area (Å²) < 4.78 is 5.64. The summed E-state index contributed by atoms with van der Waals surface area (Å²) >= 11 is 0. The van der Waals surface area contributed by atoms with E-state index in [1.807, 2.05) is 19.6 Å². The minimum Gasteiger partial charge on any atom is -0.543 e. The number of carbonyl (C=O) groups excluding carboxylic acids is 1. The van der Waals surface area contributed by atoms with E-state index < -0.39 is 14.3 Å². The van der Waals surface area contributed by atoms with Crippen molar-refractivity contribution in [3.05, 3.63) is 29.3 Å². The van der Waals surface area contributed by atoms with Gasteiger partial charge < -0.3 is 9.53 Å². The van der Waals surface area contributed by atoms with Crippen molar-refractivity contribution in [1.29, 1.82) is 0 Å². The Balaban J connectivity index is 3.30. The molecule has 5 heteroatoms. The quantitative estimate of drug-likeness (QED) is 0.646. The number of carbonyl (C=O) groups is 2. The third kappa shape index (κ3) is 2.93. The van der Waals surface area contributed by atoms with Gasteiger partial charge in [0.15, 0.2) is 6.29 Å². The summed E-state index contributed by atoms with van der Waals surface area (Å²) in [7, 11) is -1.95. The minimum atomic E-state index is -1.95. The van der Waals surface area contributed by atoms with Gasteiger partial charge in [-0.25, -0.2) is 4.79 Å². The van der Waals surface area contributed by atoms with Crippen LogP contribution in [0.3, 0.4) is 0 Å². The highest BCUT2D eigenvalue weighted by Crippen LogP contribution is 2.25. The van der Waals surface area contributed by atoms with Gasteiger partial charge in [-0.15, -0.1) is 0 Å². The lowest BCUT2D eigenvalue weighted by Crippen LogP contribution is -2.30. The molecule has 0 saturated heterocycles. The van der Waals surface area contributed by atoms with Crippen molar-refractivity contribution in [3.63, 3.8) is 0 Å². The van der Waals surface area contributed by atoms with Crippen LogP contribution in [0, 0.1) is 0 Å². The third-order valence-corrected chi connectivity index (χ3v) is 2.63. The Hall–Kier alpha value is -1.62. The third-order valence-electron chi connectivity index (χ3n) is 1.81. The first-order valence-electron chi connectivity index (χ1n) is 4.85. The van der Waals surface area contributed by atoms with Crippen LogP contribution >= 0.6 is 0 Å². The van der Waals surface area contributed by atoms with Crippen molar-refractivity contribution in [1.82, 2.24) is 0 Å². The van der Waals surface area contributed by atoms with Gasteiger partial charge in [-0.2, -0.15) is 0 Å². The van der Waals surface area contributed by atoms with Crippen LogP contribution in [0.5, 0.6) is 5.75 Å². The average molecular weight is 238 g/mol. The van der Waals surface area contributed by atoms with Gasteiger partial charge in [0.2, 0.25) is 8.32 Å². The molecule has 16 heavy (non-hydrogen) atoms. The van der Waals surface area contributed by atoms with Crippen LogP contribution in [0.1, 0.15) is 20.7 Å². The van der Waals surface area contributed by atoms with Crippen LogP contribution in [0.2, 0.25) is 19.6 Å². The Bertz CT molecular complexity index is 420. The number of para-hydroxylation sites is 1. The van der Waals surface area contributed by atoms with Crippen LogP contribution in [-0.4, -0.2) is 25.7 Å². The summed E-state index contributed by atoms with van der Waals surface area (Å²) in [5.74, 6) is -0.902. The number of aromatic carboxylic acids is 1. The zero-order valence-electron chi connectivity index (χ0n) is 9.48. The van der Waals surface area contributed by atoms with Gasteiger partial charge in [0.25, 0.3) is 0 Å². The number of rotatable bonds is 4. The number of hydrogen-bond acceptors (Lipinski definition) is 3. The van der Waals surface area contributed by atoms with Crippen LogP contribution in [0.25, 0.3) is 0 Å². The van der Waals surface area contributed by atoms with E-state index >= 15 is 0 Å². The summed E-state index contributed by atoms with van der Waals surface area (Å²) in [6.07, 6.45) is 0.613. The van der Waals surface area contributed by atoms with Crippen LogP contribution in [0.4, 0.5) is 0 Å². The lowest BCUT2D eigenvalue weighted by molar-refractivity contribution is 0.0695. The SMILES string of the molecule is C[Si](C)(C)Oc1c(C=O)cccc1C(=O)O. The Labute approximate surface area is 95.0 Å². The second-order valence-electron chi connectivity index (χ2n) is 4.36. The molecule has 0 heterocycles. The van der Waals surface area contributed by atoms with Crippen molar-refractivity contribution in [2.45, 2.75) is 19.6 Å². The van der Waals surface area contributed by atoms with Gasteiger partial charge >= 0.3 is 5.97 Å².